The first-order valence-corrected chi connectivity index (χ1v) is 9.37. The first-order chi connectivity index (χ1) is 9.88. The summed E-state index contributed by atoms with van der Waals surface area (Å²) in [5.41, 5.74) is 1.42. The topological polar surface area (TPSA) is 24.1 Å². The zero-order valence-corrected chi connectivity index (χ0v) is 14.5. The summed E-state index contributed by atoms with van der Waals surface area (Å²) in [5.74, 6) is 0.929. The van der Waals surface area contributed by atoms with Crippen LogP contribution in [0.5, 0.6) is 0 Å². The smallest absolute Gasteiger partial charge is 0.166 e. The van der Waals surface area contributed by atoms with Gasteiger partial charge in [-0.3, -0.25) is 0 Å². The van der Waals surface area contributed by atoms with E-state index in [-0.39, 0.29) is 0 Å². The Balaban J connectivity index is 1.47. The molecule has 0 aromatic carbocycles. The van der Waals surface area contributed by atoms with Gasteiger partial charge in [-0.1, -0.05) is 26.7 Å². The van der Waals surface area contributed by atoms with Gasteiger partial charge in [0.25, 0.3) is 0 Å². The Hall–Kier alpha value is -0.310. The maximum Gasteiger partial charge on any atom is 0.166 e. The van der Waals surface area contributed by atoms with Crippen LogP contribution >= 0.6 is 12.2 Å². The van der Waals surface area contributed by atoms with E-state index in [9.17, 15) is 0 Å². The Morgan fingerprint density at radius 1 is 0.952 bits per heavy atom. The molecule has 0 radical (unpaired) electrons. The lowest BCUT2D eigenvalue weighted by molar-refractivity contribution is -0.111. The van der Waals surface area contributed by atoms with Gasteiger partial charge < -0.3 is 10.6 Å². The molecular weight excluding hydrogens is 276 g/mol. The predicted molar refractivity (Wildman–Crippen MR) is 91.3 cm³/mol. The van der Waals surface area contributed by atoms with Gasteiger partial charge in [-0.05, 0) is 80.3 Å². The number of thiocarbonyl (C=S) groups is 1. The minimum atomic E-state index is 0.297. The molecule has 5 saturated carbocycles. The summed E-state index contributed by atoms with van der Waals surface area (Å²) in [4.78, 5) is 0. The number of rotatable bonds is 2. The highest BCUT2D eigenvalue weighted by Crippen LogP contribution is 2.66. The average molecular weight is 307 g/mol. The molecule has 0 saturated heterocycles. The van der Waals surface area contributed by atoms with Crippen LogP contribution in [0.1, 0.15) is 78.1 Å². The van der Waals surface area contributed by atoms with Crippen LogP contribution in [0.4, 0.5) is 0 Å². The Kier molecular flexibility index (Phi) is 3.13. The van der Waals surface area contributed by atoms with E-state index < -0.39 is 0 Å². The van der Waals surface area contributed by atoms with Gasteiger partial charge in [0, 0.05) is 11.6 Å². The van der Waals surface area contributed by atoms with Crippen molar-refractivity contribution in [2.45, 2.75) is 89.6 Å². The molecule has 5 aliphatic rings. The Bertz CT molecular complexity index is 436. The van der Waals surface area contributed by atoms with E-state index in [2.05, 4.69) is 24.5 Å². The molecule has 2 N–H and O–H groups in total. The van der Waals surface area contributed by atoms with Crippen LogP contribution in [0, 0.1) is 16.7 Å². The molecule has 0 heterocycles. The van der Waals surface area contributed by atoms with Crippen molar-refractivity contribution in [2.24, 2.45) is 16.7 Å². The molecule has 4 bridgehead atoms. The fraction of sp³-hybridized carbons (Fsp3) is 0.944. The molecule has 2 atom stereocenters. The van der Waals surface area contributed by atoms with Crippen LogP contribution in [0.15, 0.2) is 0 Å². The quantitative estimate of drug-likeness (QED) is 0.750. The monoisotopic (exact) mass is 306 g/mol. The lowest BCUT2D eigenvalue weighted by atomic mass is 9.43. The summed E-state index contributed by atoms with van der Waals surface area (Å²) in [6.45, 7) is 5.05. The second-order valence-electron chi connectivity index (χ2n) is 9.49. The van der Waals surface area contributed by atoms with Gasteiger partial charge in [0.1, 0.15) is 0 Å². The molecule has 0 aromatic heterocycles. The Labute approximate surface area is 134 Å². The second kappa shape index (κ2) is 4.59. The fourth-order valence-electron chi connectivity index (χ4n) is 7.12. The van der Waals surface area contributed by atoms with Gasteiger partial charge in [0.2, 0.25) is 0 Å². The summed E-state index contributed by atoms with van der Waals surface area (Å²) >= 11 is 5.68. The van der Waals surface area contributed by atoms with Gasteiger partial charge in [-0.25, -0.2) is 0 Å². The summed E-state index contributed by atoms with van der Waals surface area (Å²) in [7, 11) is 0. The van der Waals surface area contributed by atoms with Crippen molar-refractivity contribution in [3.8, 4) is 0 Å². The summed E-state index contributed by atoms with van der Waals surface area (Å²) in [6.07, 6.45) is 13.7. The largest absolute Gasteiger partial charge is 0.360 e. The van der Waals surface area contributed by atoms with Crippen LogP contribution in [0.2, 0.25) is 0 Å². The maximum absolute atomic E-state index is 5.68. The lowest BCUT2D eigenvalue weighted by Gasteiger charge is -2.65. The first-order valence-electron chi connectivity index (χ1n) is 8.97. The highest BCUT2D eigenvalue weighted by molar-refractivity contribution is 7.80. The molecule has 21 heavy (non-hydrogen) atoms. The van der Waals surface area contributed by atoms with E-state index in [0.717, 1.165) is 11.0 Å². The lowest BCUT2D eigenvalue weighted by Crippen LogP contribution is -2.66. The standard InChI is InChI=1S/C18H30N2S/c1-16-7-13-8-17(2,10-16)12-18(9-13,11-16)20-15(21)19-14-5-3-4-6-14/h13-14H,3-12H2,1-2H3,(H2,19,20,21). The minimum absolute atomic E-state index is 0.297. The van der Waals surface area contributed by atoms with Gasteiger partial charge in [-0.2, -0.15) is 0 Å². The molecule has 2 unspecified atom stereocenters. The Morgan fingerprint density at radius 2 is 1.57 bits per heavy atom. The van der Waals surface area contributed by atoms with Crippen LogP contribution in [0.3, 0.4) is 0 Å². The van der Waals surface area contributed by atoms with E-state index >= 15 is 0 Å². The fourth-order valence-corrected chi connectivity index (χ4v) is 7.50. The zero-order chi connectivity index (χ0) is 14.7. The van der Waals surface area contributed by atoms with Crippen LogP contribution < -0.4 is 10.6 Å². The third-order valence-corrected chi connectivity index (χ3v) is 6.92. The SMILES string of the molecule is CC12CC3CC(C)(C1)CC(NC(=S)NC1CCCC1)(C3)C2. The molecule has 5 rings (SSSR count). The zero-order valence-electron chi connectivity index (χ0n) is 13.6. The summed E-state index contributed by atoms with van der Waals surface area (Å²) in [5, 5.41) is 8.36. The second-order valence-corrected chi connectivity index (χ2v) is 9.90. The molecule has 0 aliphatic heterocycles. The molecule has 5 aliphatic carbocycles. The maximum atomic E-state index is 5.68. The van der Waals surface area contributed by atoms with Gasteiger partial charge in [0.05, 0.1) is 0 Å². The minimum Gasteiger partial charge on any atom is -0.360 e. The van der Waals surface area contributed by atoms with Crippen molar-refractivity contribution < 1.29 is 0 Å². The van der Waals surface area contributed by atoms with E-state index in [4.69, 9.17) is 12.2 Å². The van der Waals surface area contributed by atoms with E-state index in [1.807, 2.05) is 0 Å². The molecule has 0 aromatic rings. The van der Waals surface area contributed by atoms with Crippen molar-refractivity contribution in [3.05, 3.63) is 0 Å². The molecular formula is C18H30N2S. The molecule has 118 valence electrons. The summed E-state index contributed by atoms with van der Waals surface area (Å²) in [6, 6.07) is 0.630. The van der Waals surface area contributed by atoms with Crippen molar-refractivity contribution in [1.82, 2.24) is 10.6 Å². The normalized spacial score (nSPS) is 48.6. The van der Waals surface area contributed by atoms with Crippen molar-refractivity contribution in [3.63, 3.8) is 0 Å². The van der Waals surface area contributed by atoms with Gasteiger partial charge >= 0.3 is 0 Å². The van der Waals surface area contributed by atoms with Crippen LogP contribution in [0.25, 0.3) is 0 Å². The highest BCUT2D eigenvalue weighted by atomic mass is 32.1. The van der Waals surface area contributed by atoms with Gasteiger partial charge in [0.15, 0.2) is 5.11 Å². The van der Waals surface area contributed by atoms with E-state index in [1.54, 1.807) is 0 Å². The molecule has 5 fully saturated rings. The number of nitrogens with one attached hydrogen (secondary N) is 2. The van der Waals surface area contributed by atoms with E-state index in [0.29, 0.717) is 22.4 Å². The van der Waals surface area contributed by atoms with Crippen molar-refractivity contribution in [1.29, 1.82) is 0 Å². The van der Waals surface area contributed by atoms with Crippen molar-refractivity contribution in [2.75, 3.05) is 0 Å². The molecule has 2 nitrogen and oxygen atoms in total. The molecule has 0 amide bonds. The molecule has 0 spiro atoms. The summed E-state index contributed by atoms with van der Waals surface area (Å²) < 4.78 is 0. The van der Waals surface area contributed by atoms with Crippen LogP contribution in [-0.2, 0) is 0 Å². The first kappa shape index (κ1) is 14.3. The third-order valence-electron chi connectivity index (χ3n) is 6.70. The number of hydrogen-bond acceptors (Lipinski definition) is 1. The average Bonchev–Trinajstić information content (AvgIpc) is 2.74. The third kappa shape index (κ3) is 2.60. The Morgan fingerprint density at radius 3 is 2.14 bits per heavy atom. The van der Waals surface area contributed by atoms with Crippen LogP contribution in [-0.4, -0.2) is 16.7 Å². The van der Waals surface area contributed by atoms with E-state index in [1.165, 1.54) is 64.2 Å². The predicted octanol–water partition coefficient (Wildman–Crippen LogP) is 4.14. The highest BCUT2D eigenvalue weighted by Gasteiger charge is 2.60. The van der Waals surface area contributed by atoms with Gasteiger partial charge in [-0.15, -0.1) is 0 Å². The molecule has 3 heteroatoms. The van der Waals surface area contributed by atoms with Crippen molar-refractivity contribution >= 4 is 17.3 Å². The number of hydrogen-bond donors (Lipinski definition) is 2.